The number of hydrogen-bond donors (Lipinski definition) is 0. The Morgan fingerprint density at radius 3 is 1.48 bits per heavy atom. The van der Waals surface area contributed by atoms with Gasteiger partial charge in [-0.05, 0) is 96.5 Å². The van der Waals surface area contributed by atoms with E-state index in [2.05, 4.69) is 115 Å². The molecule has 0 atom stereocenters. The zero-order valence-electron chi connectivity index (χ0n) is 32.3. The van der Waals surface area contributed by atoms with Crippen molar-refractivity contribution in [1.29, 1.82) is 5.26 Å². The number of nitriles is 1. The highest BCUT2D eigenvalue weighted by Crippen LogP contribution is 2.44. The molecule has 9 aromatic carbocycles. The molecule has 0 fully saturated rings. The lowest BCUT2D eigenvalue weighted by molar-refractivity contribution is 1.07. The van der Waals surface area contributed by atoms with Gasteiger partial charge in [0.05, 0.1) is 17.1 Å². The molecule has 0 spiro atoms. The number of rotatable bonds is 6. The van der Waals surface area contributed by atoms with Gasteiger partial charge in [-0.25, -0.2) is 15.0 Å². The van der Waals surface area contributed by atoms with Crippen molar-refractivity contribution in [2.24, 2.45) is 0 Å². The molecule has 278 valence electrons. The molecule has 0 aliphatic rings. The molecule has 0 bridgehead atoms. The van der Waals surface area contributed by atoms with Crippen LogP contribution in [0.25, 0.3) is 111 Å². The molecule has 0 amide bonds. The maximum atomic E-state index is 9.71. The molecule has 11 rings (SSSR count). The number of aromatic nitrogens is 4. The molecular weight excluding hydrogens is 731 g/mol. The summed E-state index contributed by atoms with van der Waals surface area (Å²) in [7, 11) is 0. The first-order chi connectivity index (χ1) is 29.7. The van der Waals surface area contributed by atoms with Crippen molar-refractivity contribution in [2.75, 3.05) is 0 Å². The molecule has 2 heterocycles. The Balaban J connectivity index is 1.08. The molecule has 60 heavy (non-hydrogen) atoms. The average Bonchev–Trinajstić information content (AvgIpc) is 3.33. The molecule has 5 nitrogen and oxygen atoms in total. The minimum Gasteiger partial charge on any atom is -0.256 e. The highest BCUT2D eigenvalue weighted by Gasteiger charge is 2.19. The van der Waals surface area contributed by atoms with Crippen LogP contribution in [-0.4, -0.2) is 19.9 Å². The zero-order valence-corrected chi connectivity index (χ0v) is 32.3. The fourth-order valence-electron chi connectivity index (χ4n) is 8.57. The Labute approximate surface area is 346 Å². The van der Waals surface area contributed by atoms with Crippen LogP contribution in [0, 0.1) is 11.3 Å². The maximum Gasteiger partial charge on any atom is 0.164 e. The van der Waals surface area contributed by atoms with Gasteiger partial charge in [0.2, 0.25) is 0 Å². The van der Waals surface area contributed by atoms with E-state index >= 15 is 0 Å². The van der Waals surface area contributed by atoms with Gasteiger partial charge in [0, 0.05) is 33.8 Å². The first kappa shape index (κ1) is 34.9. The average molecular weight is 764 g/mol. The highest BCUT2D eigenvalue weighted by molar-refractivity contribution is 6.24. The maximum absolute atomic E-state index is 9.71. The van der Waals surface area contributed by atoms with E-state index in [1.807, 2.05) is 91.1 Å². The monoisotopic (exact) mass is 763 g/mol. The van der Waals surface area contributed by atoms with Crippen LogP contribution in [0.3, 0.4) is 0 Å². The second kappa shape index (κ2) is 14.6. The van der Waals surface area contributed by atoms with E-state index in [1.165, 1.54) is 5.39 Å². The summed E-state index contributed by atoms with van der Waals surface area (Å²) in [4.78, 5) is 19.9. The van der Waals surface area contributed by atoms with Gasteiger partial charge >= 0.3 is 0 Å². The molecule has 0 unspecified atom stereocenters. The normalized spacial score (nSPS) is 11.3. The van der Waals surface area contributed by atoms with Gasteiger partial charge < -0.3 is 0 Å². The summed E-state index contributed by atoms with van der Waals surface area (Å²) >= 11 is 0. The summed E-state index contributed by atoms with van der Waals surface area (Å²) < 4.78 is 0. The van der Waals surface area contributed by atoms with E-state index in [4.69, 9.17) is 19.9 Å². The Kier molecular flexibility index (Phi) is 8.46. The Morgan fingerprint density at radius 1 is 0.317 bits per heavy atom. The molecule has 0 aliphatic heterocycles. The van der Waals surface area contributed by atoms with Crippen LogP contribution in [0.15, 0.2) is 200 Å². The lowest BCUT2D eigenvalue weighted by Gasteiger charge is -2.18. The van der Waals surface area contributed by atoms with Crippen molar-refractivity contribution in [1.82, 2.24) is 19.9 Å². The van der Waals surface area contributed by atoms with Crippen LogP contribution < -0.4 is 0 Å². The van der Waals surface area contributed by atoms with Gasteiger partial charge in [-0.1, -0.05) is 158 Å². The summed E-state index contributed by atoms with van der Waals surface area (Å²) in [5.74, 6) is 1.89. The number of nitrogens with zero attached hydrogens (tertiary/aromatic N) is 5. The number of hydrogen-bond acceptors (Lipinski definition) is 5. The Hall–Kier alpha value is -8.33. The molecule has 0 aliphatic carbocycles. The van der Waals surface area contributed by atoms with Gasteiger partial charge in [-0.3, -0.25) is 4.98 Å². The van der Waals surface area contributed by atoms with E-state index in [9.17, 15) is 5.26 Å². The molecule has 0 saturated heterocycles. The number of benzene rings is 9. The van der Waals surface area contributed by atoms with Crippen LogP contribution in [-0.2, 0) is 0 Å². The minimum absolute atomic E-state index is 0.621. The molecule has 0 N–H and O–H groups in total. The SMILES string of the molecule is N#Cc1cccc(-c2cc3c4ccccc4c(-c4ccc(-c5cccc(-c6nc(-c7ccccc7)nc(-c7ccccc7)n6)c5)c5ccccc45)cc3c3cccnc23)c1. The second-order valence-electron chi connectivity index (χ2n) is 14.9. The molecule has 5 heteroatoms. The van der Waals surface area contributed by atoms with Crippen LogP contribution in [0.4, 0.5) is 0 Å². The molecular formula is C55H33N5. The lowest BCUT2D eigenvalue weighted by Crippen LogP contribution is -2.00. The highest BCUT2D eigenvalue weighted by atomic mass is 15.0. The van der Waals surface area contributed by atoms with Crippen LogP contribution >= 0.6 is 0 Å². The van der Waals surface area contributed by atoms with E-state index in [1.54, 1.807) is 0 Å². The van der Waals surface area contributed by atoms with Gasteiger partial charge in [0.15, 0.2) is 17.5 Å². The minimum atomic E-state index is 0.621. The van der Waals surface area contributed by atoms with E-state index < -0.39 is 0 Å². The van der Waals surface area contributed by atoms with Crippen molar-refractivity contribution in [3.05, 3.63) is 206 Å². The first-order valence-corrected chi connectivity index (χ1v) is 19.9. The summed E-state index contributed by atoms with van der Waals surface area (Å²) in [6.45, 7) is 0. The first-order valence-electron chi connectivity index (χ1n) is 19.9. The summed E-state index contributed by atoms with van der Waals surface area (Å²) in [6.07, 6.45) is 1.85. The zero-order chi connectivity index (χ0) is 40.0. The van der Waals surface area contributed by atoms with Crippen LogP contribution in [0.5, 0.6) is 0 Å². The van der Waals surface area contributed by atoms with Gasteiger partial charge in [0.25, 0.3) is 0 Å². The molecule has 0 radical (unpaired) electrons. The quantitative estimate of drug-likeness (QED) is 0.158. The number of fused-ring (bicyclic) bond motifs is 6. The summed E-state index contributed by atoms with van der Waals surface area (Å²) in [5, 5.41) is 17.7. The van der Waals surface area contributed by atoms with Crippen molar-refractivity contribution in [3.63, 3.8) is 0 Å². The predicted octanol–water partition coefficient (Wildman–Crippen LogP) is 13.8. The van der Waals surface area contributed by atoms with E-state index in [-0.39, 0.29) is 0 Å². The standard InChI is InChI=1S/C55H33N5/c56-34-35-14-11-19-38(30-35)48-32-50-45-25-10-9-24-44(45)49(33-51(50)47-26-13-29-57-52(47)48)46-28-27-41(42-22-7-8-23-43(42)46)39-20-12-21-40(31-39)55-59-53(36-15-3-1-4-16-36)58-54(60-55)37-17-5-2-6-18-37/h1-33H. The molecule has 0 saturated carbocycles. The van der Waals surface area contributed by atoms with Gasteiger partial charge in [0.1, 0.15) is 0 Å². The third kappa shape index (κ3) is 6.03. The Bertz CT molecular complexity index is 3440. The molecule has 11 aromatic rings. The van der Waals surface area contributed by atoms with E-state index in [0.717, 1.165) is 87.9 Å². The van der Waals surface area contributed by atoms with Crippen molar-refractivity contribution in [3.8, 4) is 73.6 Å². The fourth-order valence-corrected chi connectivity index (χ4v) is 8.57. The van der Waals surface area contributed by atoms with Crippen LogP contribution in [0.2, 0.25) is 0 Å². The van der Waals surface area contributed by atoms with Crippen LogP contribution in [0.1, 0.15) is 5.56 Å². The third-order valence-corrected chi connectivity index (χ3v) is 11.4. The Morgan fingerprint density at radius 2 is 0.800 bits per heavy atom. The fraction of sp³-hybridized carbons (Fsp3) is 0. The largest absolute Gasteiger partial charge is 0.256 e. The topological polar surface area (TPSA) is 75.3 Å². The van der Waals surface area contributed by atoms with Crippen molar-refractivity contribution >= 4 is 43.2 Å². The summed E-state index contributed by atoms with van der Waals surface area (Å²) in [6, 6.07) is 69.4. The lowest BCUT2D eigenvalue weighted by atomic mass is 9.86. The van der Waals surface area contributed by atoms with Gasteiger partial charge in [-0.15, -0.1) is 0 Å². The van der Waals surface area contributed by atoms with E-state index in [0.29, 0.717) is 23.0 Å². The summed E-state index contributed by atoms with van der Waals surface area (Å²) in [5.41, 5.74) is 10.8. The van der Waals surface area contributed by atoms with Crippen molar-refractivity contribution < 1.29 is 0 Å². The smallest absolute Gasteiger partial charge is 0.164 e. The number of pyridine rings is 1. The molecule has 2 aromatic heterocycles. The third-order valence-electron chi connectivity index (χ3n) is 11.4. The van der Waals surface area contributed by atoms with Crippen molar-refractivity contribution in [2.45, 2.75) is 0 Å². The van der Waals surface area contributed by atoms with Gasteiger partial charge in [-0.2, -0.15) is 5.26 Å². The second-order valence-corrected chi connectivity index (χ2v) is 14.9. The predicted molar refractivity (Wildman–Crippen MR) is 245 cm³/mol.